The number of ether oxygens (including phenoxy) is 1. The van der Waals surface area contributed by atoms with Gasteiger partial charge in [0.25, 0.3) is 0 Å². The van der Waals surface area contributed by atoms with Crippen molar-refractivity contribution in [3.63, 3.8) is 0 Å². The quantitative estimate of drug-likeness (QED) is 0.770. The van der Waals surface area contributed by atoms with Crippen molar-refractivity contribution < 1.29 is 4.74 Å². The van der Waals surface area contributed by atoms with Gasteiger partial charge in [-0.1, -0.05) is 0 Å². The van der Waals surface area contributed by atoms with Crippen molar-refractivity contribution in [1.82, 2.24) is 4.98 Å². The molecule has 0 saturated carbocycles. The smallest absolute Gasteiger partial charge is 0.153 e. The van der Waals surface area contributed by atoms with E-state index in [0.717, 1.165) is 20.9 Å². The van der Waals surface area contributed by atoms with Crippen molar-refractivity contribution >= 4 is 34.2 Å². The van der Waals surface area contributed by atoms with E-state index in [0.29, 0.717) is 6.61 Å². The first-order valence-electron chi connectivity index (χ1n) is 3.93. The van der Waals surface area contributed by atoms with Gasteiger partial charge in [0.15, 0.2) is 5.51 Å². The molecule has 1 aromatic heterocycles. The second kappa shape index (κ2) is 3.55. The maximum atomic E-state index is 5.38. The third-order valence-corrected chi connectivity index (χ3v) is 2.71. The maximum Gasteiger partial charge on any atom is 0.153 e. The lowest BCUT2D eigenvalue weighted by Gasteiger charge is -2.03. The predicted molar refractivity (Wildman–Crippen MR) is 56.9 cm³/mol. The highest BCUT2D eigenvalue weighted by Crippen LogP contribution is 2.29. The minimum Gasteiger partial charge on any atom is -0.494 e. The van der Waals surface area contributed by atoms with E-state index >= 15 is 0 Å². The molecule has 4 heteroatoms. The molecule has 0 fully saturated rings. The summed E-state index contributed by atoms with van der Waals surface area (Å²) in [6.45, 7) is 2.63. The molecule has 1 heterocycles. The second-order valence-corrected chi connectivity index (χ2v) is 3.84. The molecular formula is C9H8NOS2. The Balaban J connectivity index is 2.56. The summed E-state index contributed by atoms with van der Waals surface area (Å²) in [6, 6.07) is 3.84. The van der Waals surface area contributed by atoms with Gasteiger partial charge in [0.1, 0.15) is 5.75 Å². The normalized spacial score (nSPS) is 10.6. The molecule has 1 radical (unpaired) electrons. The Hall–Kier alpha value is -0.740. The molecule has 0 amide bonds. The van der Waals surface area contributed by atoms with Crippen molar-refractivity contribution in [2.45, 2.75) is 11.8 Å². The highest BCUT2D eigenvalue weighted by atomic mass is 32.1. The van der Waals surface area contributed by atoms with Gasteiger partial charge in [0, 0.05) is 4.90 Å². The fourth-order valence-corrected chi connectivity index (χ4v) is 2.16. The topological polar surface area (TPSA) is 22.1 Å². The first-order valence-corrected chi connectivity index (χ1v) is 5.20. The minimum atomic E-state index is 0.668. The second-order valence-electron chi connectivity index (χ2n) is 2.53. The van der Waals surface area contributed by atoms with Crippen molar-refractivity contribution in [3.8, 4) is 5.75 Å². The fraction of sp³-hybridized carbons (Fsp3) is 0.222. The first kappa shape index (κ1) is 8.84. The van der Waals surface area contributed by atoms with E-state index in [1.165, 1.54) is 11.3 Å². The van der Waals surface area contributed by atoms with E-state index in [-0.39, 0.29) is 0 Å². The number of thiazole rings is 1. The number of aromatic nitrogens is 1. The molecule has 0 saturated heterocycles. The predicted octanol–water partition coefficient (Wildman–Crippen LogP) is 2.78. The molecule has 0 spiro atoms. The van der Waals surface area contributed by atoms with Crippen LogP contribution in [-0.2, 0) is 0 Å². The molecule has 2 rings (SSSR count). The summed E-state index contributed by atoms with van der Waals surface area (Å²) in [5.41, 5.74) is 3.73. The molecule has 13 heavy (non-hydrogen) atoms. The first-order chi connectivity index (χ1) is 6.31. The van der Waals surface area contributed by atoms with Gasteiger partial charge in [0.05, 0.1) is 16.8 Å². The average molecular weight is 210 g/mol. The van der Waals surface area contributed by atoms with Crippen LogP contribution in [0.25, 0.3) is 10.2 Å². The van der Waals surface area contributed by atoms with Crippen LogP contribution < -0.4 is 4.74 Å². The zero-order chi connectivity index (χ0) is 9.26. The molecule has 67 valence electrons. The Kier molecular flexibility index (Phi) is 2.42. The average Bonchev–Trinajstić information content (AvgIpc) is 2.53. The van der Waals surface area contributed by atoms with Crippen LogP contribution in [0.15, 0.2) is 17.0 Å². The summed E-state index contributed by atoms with van der Waals surface area (Å²) in [4.78, 5) is 4.93. The summed E-state index contributed by atoms with van der Waals surface area (Å²) in [5.74, 6) is 0.845. The van der Waals surface area contributed by atoms with Crippen LogP contribution >= 0.6 is 24.0 Å². The van der Waals surface area contributed by atoms with Gasteiger partial charge in [-0.05, 0) is 19.1 Å². The maximum absolute atomic E-state index is 5.38. The van der Waals surface area contributed by atoms with Gasteiger partial charge < -0.3 is 4.74 Å². The monoisotopic (exact) mass is 210 g/mol. The van der Waals surface area contributed by atoms with Gasteiger partial charge >= 0.3 is 0 Å². The third-order valence-electron chi connectivity index (χ3n) is 1.65. The number of thiol groups is 1. The van der Waals surface area contributed by atoms with Crippen LogP contribution in [0.5, 0.6) is 5.75 Å². The molecule has 0 aliphatic rings. The van der Waals surface area contributed by atoms with Gasteiger partial charge in [-0.15, -0.1) is 24.0 Å². The Morgan fingerprint density at radius 1 is 1.62 bits per heavy atom. The zero-order valence-corrected chi connectivity index (χ0v) is 8.78. The standard InChI is InChI=1S/C9H8NOS2/c1-2-11-6-3-7(12)9-8(4-6)13-5-10-9/h3-4,12H,2H2,1H3. The molecule has 2 nitrogen and oxygen atoms in total. The summed E-state index contributed by atoms with van der Waals surface area (Å²) < 4.78 is 6.45. The molecule has 0 unspecified atom stereocenters. The molecule has 0 aliphatic carbocycles. The van der Waals surface area contributed by atoms with E-state index < -0.39 is 0 Å². The van der Waals surface area contributed by atoms with Crippen LogP contribution in [-0.4, -0.2) is 11.6 Å². The number of nitrogens with zero attached hydrogens (tertiary/aromatic N) is 1. The van der Waals surface area contributed by atoms with E-state index in [9.17, 15) is 0 Å². The molecule has 0 N–H and O–H groups in total. The molecule has 0 bridgehead atoms. The molecule has 0 aliphatic heterocycles. The number of hydrogen-bond acceptors (Lipinski definition) is 4. The Bertz CT molecular complexity index is 424. The summed E-state index contributed by atoms with van der Waals surface area (Å²) in [7, 11) is 0. The summed E-state index contributed by atoms with van der Waals surface area (Å²) >= 11 is 5.80. The summed E-state index contributed by atoms with van der Waals surface area (Å²) in [6.07, 6.45) is 0. The van der Waals surface area contributed by atoms with E-state index in [4.69, 9.17) is 4.74 Å². The molecule has 1 aromatic carbocycles. The van der Waals surface area contributed by atoms with Gasteiger partial charge in [0.2, 0.25) is 0 Å². The van der Waals surface area contributed by atoms with Crippen molar-refractivity contribution in [1.29, 1.82) is 0 Å². The van der Waals surface area contributed by atoms with E-state index in [1.54, 1.807) is 0 Å². The van der Waals surface area contributed by atoms with Crippen LogP contribution in [0.2, 0.25) is 0 Å². The van der Waals surface area contributed by atoms with Gasteiger partial charge in [-0.2, -0.15) is 0 Å². The number of hydrogen-bond donors (Lipinski definition) is 1. The van der Waals surface area contributed by atoms with E-state index in [2.05, 4.69) is 23.1 Å². The van der Waals surface area contributed by atoms with Crippen LogP contribution in [0.1, 0.15) is 6.92 Å². The lowest BCUT2D eigenvalue weighted by Crippen LogP contribution is -1.90. The highest BCUT2D eigenvalue weighted by molar-refractivity contribution is 7.80. The number of rotatable bonds is 2. The van der Waals surface area contributed by atoms with Crippen LogP contribution in [0.4, 0.5) is 0 Å². The lowest BCUT2D eigenvalue weighted by atomic mass is 10.3. The Labute approximate surface area is 86.0 Å². The van der Waals surface area contributed by atoms with Gasteiger partial charge in [-0.3, -0.25) is 0 Å². The number of fused-ring (bicyclic) bond motifs is 1. The largest absolute Gasteiger partial charge is 0.494 e. The highest BCUT2D eigenvalue weighted by Gasteiger charge is 2.04. The van der Waals surface area contributed by atoms with E-state index in [1.807, 2.05) is 19.1 Å². The Morgan fingerprint density at radius 3 is 3.23 bits per heavy atom. The van der Waals surface area contributed by atoms with Crippen LogP contribution in [0, 0.1) is 5.51 Å². The summed E-state index contributed by atoms with van der Waals surface area (Å²) in [5, 5.41) is 0. The minimum absolute atomic E-state index is 0.668. The van der Waals surface area contributed by atoms with Crippen molar-refractivity contribution in [3.05, 3.63) is 17.6 Å². The molecule has 0 atom stereocenters. The SMILES string of the molecule is CCOc1cc(S)c2n[c]sc2c1. The lowest BCUT2D eigenvalue weighted by molar-refractivity contribution is 0.340. The molecule has 2 aromatic rings. The Morgan fingerprint density at radius 2 is 2.46 bits per heavy atom. The molecular weight excluding hydrogens is 202 g/mol. The third kappa shape index (κ3) is 1.64. The van der Waals surface area contributed by atoms with Crippen molar-refractivity contribution in [2.24, 2.45) is 0 Å². The zero-order valence-electron chi connectivity index (χ0n) is 7.07. The van der Waals surface area contributed by atoms with Crippen LogP contribution in [0.3, 0.4) is 0 Å². The number of benzene rings is 1. The van der Waals surface area contributed by atoms with Crippen molar-refractivity contribution in [2.75, 3.05) is 6.61 Å². The van der Waals surface area contributed by atoms with Gasteiger partial charge in [-0.25, -0.2) is 4.98 Å². The fourth-order valence-electron chi connectivity index (χ4n) is 1.13.